The molecule has 0 bridgehead atoms. The van der Waals surface area contributed by atoms with Crippen molar-refractivity contribution >= 4 is 62.2 Å². The Morgan fingerprint density at radius 3 is 2.72 bits per heavy atom. The minimum absolute atomic E-state index is 0.0290. The van der Waals surface area contributed by atoms with Crippen LogP contribution in [-0.2, 0) is 14.3 Å². The van der Waals surface area contributed by atoms with Gasteiger partial charge in [0.2, 0.25) is 5.91 Å². The van der Waals surface area contributed by atoms with Crippen LogP contribution in [0.25, 0.3) is 10.2 Å². The Morgan fingerprint density at radius 1 is 1.19 bits per heavy atom. The summed E-state index contributed by atoms with van der Waals surface area (Å²) in [6.07, 6.45) is 0. The Morgan fingerprint density at radius 2 is 2.00 bits per heavy atom. The van der Waals surface area contributed by atoms with Crippen LogP contribution in [0.5, 0.6) is 0 Å². The minimum atomic E-state index is -0.649. The lowest BCUT2D eigenvalue weighted by atomic mass is 10.1. The monoisotopic (exact) mass is 476 g/mol. The van der Waals surface area contributed by atoms with Gasteiger partial charge in [0, 0.05) is 31.4 Å². The molecule has 2 aromatic carbocycles. The van der Waals surface area contributed by atoms with Gasteiger partial charge in [-0.3, -0.25) is 19.7 Å². The van der Waals surface area contributed by atoms with Crippen LogP contribution >= 0.6 is 23.1 Å². The van der Waals surface area contributed by atoms with E-state index in [4.69, 9.17) is 9.47 Å². The quantitative estimate of drug-likeness (QED) is 0.147. The van der Waals surface area contributed by atoms with Crippen LogP contribution in [0.3, 0.4) is 0 Å². The number of nitrogens with one attached hydrogen (secondary N) is 2. The third-order valence-corrected chi connectivity index (χ3v) is 6.13. The molecule has 32 heavy (non-hydrogen) atoms. The molecule has 0 aliphatic rings. The van der Waals surface area contributed by atoms with E-state index in [1.54, 1.807) is 25.3 Å². The van der Waals surface area contributed by atoms with Crippen LogP contribution in [-0.4, -0.2) is 48.0 Å². The molecular weight excluding hydrogens is 456 g/mol. The molecule has 0 saturated carbocycles. The molecule has 3 rings (SSSR count). The number of ether oxygens (including phenoxy) is 2. The summed E-state index contributed by atoms with van der Waals surface area (Å²) in [6.45, 7) is 2.29. The number of nitrogens with zero attached hydrogens (tertiary/aromatic N) is 2. The normalized spacial score (nSPS) is 10.8. The fourth-order valence-electron chi connectivity index (χ4n) is 2.66. The van der Waals surface area contributed by atoms with Crippen LogP contribution in [0, 0.1) is 10.1 Å². The third kappa shape index (κ3) is 6.23. The zero-order valence-electron chi connectivity index (χ0n) is 17.2. The predicted molar refractivity (Wildman–Crippen MR) is 124 cm³/mol. The second-order valence-electron chi connectivity index (χ2n) is 6.45. The Kier molecular flexibility index (Phi) is 8.11. The second-order valence-corrected chi connectivity index (χ2v) is 8.65. The first-order valence-electron chi connectivity index (χ1n) is 9.35. The topological polar surface area (TPSA) is 133 Å². The van der Waals surface area contributed by atoms with Crippen molar-refractivity contribution in [2.75, 3.05) is 36.9 Å². The summed E-state index contributed by atoms with van der Waals surface area (Å²) < 4.78 is 12.1. The summed E-state index contributed by atoms with van der Waals surface area (Å²) in [5.41, 5.74) is 1.09. The minimum Gasteiger partial charge on any atom is -0.382 e. The molecular formula is C20H20N4O6S2. The number of amides is 2. The Bertz CT molecular complexity index is 1150. The number of hydrogen-bond donors (Lipinski definition) is 2. The van der Waals surface area contributed by atoms with Gasteiger partial charge in [0.1, 0.15) is 5.69 Å². The molecule has 2 amide bonds. The first-order chi connectivity index (χ1) is 15.4. The molecule has 0 atom stereocenters. The first-order valence-corrected chi connectivity index (χ1v) is 11.1. The average molecular weight is 477 g/mol. The number of anilines is 2. The number of carbonyl (C=O) groups is 2. The molecule has 0 saturated heterocycles. The van der Waals surface area contributed by atoms with Crippen molar-refractivity contribution < 1.29 is 24.0 Å². The molecule has 2 N–H and O–H groups in total. The second kappa shape index (κ2) is 11.0. The zero-order valence-corrected chi connectivity index (χ0v) is 18.9. The molecule has 12 heteroatoms. The maximum absolute atomic E-state index is 12.6. The van der Waals surface area contributed by atoms with Crippen LogP contribution in [0.1, 0.15) is 17.3 Å². The number of fused-ring (bicyclic) bond motifs is 1. The summed E-state index contributed by atoms with van der Waals surface area (Å²) in [5.74, 6) is -0.491. The molecule has 10 nitrogen and oxygen atoms in total. The van der Waals surface area contributed by atoms with Crippen molar-refractivity contribution in [3.63, 3.8) is 0 Å². The van der Waals surface area contributed by atoms with Gasteiger partial charge >= 0.3 is 0 Å². The van der Waals surface area contributed by atoms with E-state index >= 15 is 0 Å². The van der Waals surface area contributed by atoms with Crippen molar-refractivity contribution in [2.45, 2.75) is 11.3 Å². The smallest absolute Gasteiger partial charge is 0.293 e. The van der Waals surface area contributed by atoms with Gasteiger partial charge in [-0.25, -0.2) is 4.98 Å². The lowest BCUT2D eigenvalue weighted by molar-refractivity contribution is -0.383. The van der Waals surface area contributed by atoms with Gasteiger partial charge in [0.25, 0.3) is 11.6 Å². The highest BCUT2D eigenvalue weighted by molar-refractivity contribution is 8.01. The highest BCUT2D eigenvalue weighted by atomic mass is 32.2. The predicted octanol–water partition coefficient (Wildman–Crippen LogP) is 4.13. The number of hydrogen-bond acceptors (Lipinski definition) is 9. The van der Waals surface area contributed by atoms with Gasteiger partial charge in [-0.2, -0.15) is 0 Å². The number of rotatable bonds is 10. The summed E-state index contributed by atoms with van der Waals surface area (Å²) in [4.78, 5) is 39.0. The Hall–Kier alpha value is -3.06. The van der Waals surface area contributed by atoms with Gasteiger partial charge in [0.15, 0.2) is 4.34 Å². The molecule has 0 spiro atoms. The number of nitro groups is 1. The molecule has 0 aliphatic carbocycles. The zero-order chi connectivity index (χ0) is 23.1. The van der Waals surface area contributed by atoms with Crippen molar-refractivity contribution in [3.8, 4) is 0 Å². The average Bonchev–Trinajstić information content (AvgIpc) is 3.15. The van der Waals surface area contributed by atoms with Gasteiger partial charge in [0.05, 0.1) is 34.3 Å². The number of thiazole rings is 1. The number of benzene rings is 2. The van der Waals surface area contributed by atoms with Gasteiger partial charge in [-0.15, -0.1) is 11.3 Å². The molecule has 0 radical (unpaired) electrons. The summed E-state index contributed by atoms with van der Waals surface area (Å²) >= 11 is 2.94. The number of methoxy groups -OCH3 is 1. The summed E-state index contributed by atoms with van der Waals surface area (Å²) in [6, 6.07) is 9.17. The molecule has 3 aromatic rings. The van der Waals surface area contributed by atoms with Gasteiger partial charge < -0.3 is 20.1 Å². The van der Waals surface area contributed by atoms with E-state index in [0.29, 0.717) is 24.8 Å². The summed E-state index contributed by atoms with van der Waals surface area (Å²) in [7, 11) is 1.61. The number of thioether (sulfide) groups is 1. The van der Waals surface area contributed by atoms with Crippen molar-refractivity contribution in [2.24, 2.45) is 0 Å². The molecule has 0 aliphatic heterocycles. The van der Waals surface area contributed by atoms with E-state index in [9.17, 15) is 19.7 Å². The fourth-order valence-corrected chi connectivity index (χ4v) is 4.51. The first kappa shape index (κ1) is 23.6. The number of aromatic nitrogens is 1. The lowest BCUT2D eigenvalue weighted by Gasteiger charge is -2.08. The SMILES string of the molecule is COCCOCSc1nc2ccc(NC(=O)c3ccc(NC(C)=O)c([N+](=O)[O-])c3)cc2s1. The Labute approximate surface area is 191 Å². The van der Waals surface area contributed by atoms with Crippen molar-refractivity contribution in [1.82, 2.24) is 4.98 Å². The van der Waals surface area contributed by atoms with Gasteiger partial charge in [-0.05, 0) is 30.3 Å². The maximum atomic E-state index is 12.6. The number of nitro benzene ring substituents is 1. The standard InChI is InChI=1S/C20H20N4O6S2/c1-12(25)21-15-5-3-13(9-17(15)24(27)28)19(26)22-14-4-6-16-18(10-14)32-20(23-16)31-11-30-8-7-29-2/h3-6,9-10H,7-8,11H2,1-2H3,(H,21,25)(H,22,26). The molecule has 0 fully saturated rings. The largest absolute Gasteiger partial charge is 0.382 e. The molecule has 1 aromatic heterocycles. The highest BCUT2D eigenvalue weighted by Crippen LogP contribution is 2.32. The van der Waals surface area contributed by atoms with Crippen LogP contribution in [0.15, 0.2) is 40.7 Å². The van der Waals surface area contributed by atoms with Crippen LogP contribution in [0.4, 0.5) is 17.1 Å². The van der Waals surface area contributed by atoms with E-state index < -0.39 is 16.7 Å². The Balaban J connectivity index is 1.70. The highest BCUT2D eigenvalue weighted by Gasteiger charge is 2.18. The lowest BCUT2D eigenvalue weighted by Crippen LogP contribution is -2.13. The van der Waals surface area contributed by atoms with E-state index in [1.165, 1.54) is 42.2 Å². The van der Waals surface area contributed by atoms with Gasteiger partial charge in [-0.1, -0.05) is 11.8 Å². The van der Waals surface area contributed by atoms with Crippen LogP contribution in [0.2, 0.25) is 0 Å². The summed E-state index contributed by atoms with van der Waals surface area (Å²) in [5, 5.41) is 16.4. The fraction of sp³-hybridized carbons (Fsp3) is 0.250. The molecule has 1 heterocycles. The number of carbonyl (C=O) groups excluding carboxylic acids is 2. The van der Waals surface area contributed by atoms with E-state index in [2.05, 4.69) is 15.6 Å². The molecule has 0 unspecified atom stereocenters. The van der Waals surface area contributed by atoms with E-state index in [-0.39, 0.29) is 16.9 Å². The van der Waals surface area contributed by atoms with Crippen LogP contribution < -0.4 is 10.6 Å². The van der Waals surface area contributed by atoms with Crippen molar-refractivity contribution in [3.05, 3.63) is 52.1 Å². The van der Waals surface area contributed by atoms with E-state index in [1.807, 2.05) is 0 Å². The molecule has 168 valence electrons. The third-order valence-electron chi connectivity index (χ3n) is 4.09. The van der Waals surface area contributed by atoms with E-state index in [0.717, 1.165) is 20.6 Å². The van der Waals surface area contributed by atoms with Crippen molar-refractivity contribution in [1.29, 1.82) is 0 Å². The maximum Gasteiger partial charge on any atom is 0.293 e.